The summed E-state index contributed by atoms with van der Waals surface area (Å²) >= 11 is 1.29. The van der Waals surface area contributed by atoms with Crippen LogP contribution in [0.25, 0.3) is 0 Å². The Balaban J connectivity index is 2.92. The summed E-state index contributed by atoms with van der Waals surface area (Å²) in [5.41, 5.74) is 0. The monoisotopic (exact) mass is 193 g/mol. The average Bonchev–Trinajstić information content (AvgIpc) is 2.37. The van der Waals surface area contributed by atoms with Crippen molar-refractivity contribution < 1.29 is 13.5 Å². The zero-order valence-corrected chi connectivity index (χ0v) is 7.15. The van der Waals surface area contributed by atoms with Gasteiger partial charge in [-0.3, -0.25) is 0 Å². The Hall–Kier alpha value is -0.430. The molecule has 6 heteroatoms. The second kappa shape index (κ2) is 3.31. The Morgan fingerprint density at radius 1 is 1.64 bits per heavy atom. The van der Waals surface area contributed by atoms with Gasteiger partial charge in [-0.15, -0.1) is 0 Å². The van der Waals surface area contributed by atoms with Crippen LogP contribution in [-0.2, 0) is 10.0 Å². The van der Waals surface area contributed by atoms with Gasteiger partial charge < -0.3 is 5.11 Å². The second-order valence-corrected chi connectivity index (χ2v) is 4.31. The molecule has 4 nitrogen and oxygen atoms in total. The highest BCUT2D eigenvalue weighted by atomic mass is 32.2. The van der Waals surface area contributed by atoms with Gasteiger partial charge >= 0.3 is 0 Å². The second-order valence-electron chi connectivity index (χ2n) is 1.76. The number of sulfonamides is 1. The first-order valence-electron chi connectivity index (χ1n) is 2.79. The first kappa shape index (κ1) is 8.66. The molecule has 11 heavy (non-hydrogen) atoms. The number of thiophene rings is 1. The van der Waals surface area contributed by atoms with E-state index in [9.17, 15) is 8.42 Å². The summed E-state index contributed by atoms with van der Waals surface area (Å²) in [5, 5.41) is 11.5. The summed E-state index contributed by atoms with van der Waals surface area (Å²) in [7, 11) is -3.46. The summed E-state index contributed by atoms with van der Waals surface area (Å²) in [6.07, 6.45) is 0. The van der Waals surface area contributed by atoms with E-state index in [2.05, 4.69) is 0 Å². The Kier molecular flexibility index (Phi) is 2.61. The molecule has 1 aromatic rings. The van der Waals surface area contributed by atoms with Crippen molar-refractivity contribution in [3.05, 3.63) is 16.8 Å². The SMILES string of the molecule is O=S(=O)(NCO)c1ccsc1. The van der Waals surface area contributed by atoms with Crippen molar-refractivity contribution in [1.82, 2.24) is 4.72 Å². The van der Waals surface area contributed by atoms with Crippen molar-refractivity contribution in [3.63, 3.8) is 0 Å². The van der Waals surface area contributed by atoms with Gasteiger partial charge in [0.05, 0.1) is 4.90 Å². The van der Waals surface area contributed by atoms with Gasteiger partial charge in [-0.25, -0.2) is 8.42 Å². The molecule has 0 aliphatic heterocycles. The van der Waals surface area contributed by atoms with Crippen molar-refractivity contribution in [2.24, 2.45) is 0 Å². The molecule has 0 unspecified atom stereocenters. The zero-order chi connectivity index (χ0) is 8.32. The van der Waals surface area contributed by atoms with Gasteiger partial charge in [0.15, 0.2) is 0 Å². The molecule has 0 radical (unpaired) electrons. The van der Waals surface area contributed by atoms with Crippen molar-refractivity contribution >= 4 is 21.4 Å². The number of nitrogens with one attached hydrogen (secondary N) is 1. The fourth-order valence-corrected chi connectivity index (χ4v) is 2.43. The Bertz CT molecular complexity index is 302. The van der Waals surface area contributed by atoms with Gasteiger partial charge in [0.25, 0.3) is 0 Å². The zero-order valence-electron chi connectivity index (χ0n) is 5.52. The van der Waals surface area contributed by atoms with Crippen LogP contribution in [0.3, 0.4) is 0 Å². The fourth-order valence-electron chi connectivity index (χ4n) is 0.573. The Morgan fingerprint density at radius 2 is 2.36 bits per heavy atom. The van der Waals surface area contributed by atoms with Crippen LogP contribution < -0.4 is 4.72 Å². The highest BCUT2D eigenvalue weighted by Crippen LogP contribution is 2.11. The Labute approximate surface area is 68.5 Å². The van der Waals surface area contributed by atoms with Crippen molar-refractivity contribution in [2.75, 3.05) is 6.73 Å². The number of aliphatic hydroxyl groups excluding tert-OH is 1. The smallest absolute Gasteiger partial charge is 0.243 e. The molecular weight excluding hydrogens is 186 g/mol. The molecule has 0 amide bonds. The standard InChI is InChI=1S/C5H7NO3S2/c7-4-6-11(8,9)5-1-2-10-3-5/h1-3,6-7H,4H2. The lowest BCUT2D eigenvalue weighted by molar-refractivity contribution is 0.288. The summed E-state index contributed by atoms with van der Waals surface area (Å²) < 4.78 is 24.0. The van der Waals surface area contributed by atoms with Crippen LogP contribution in [-0.4, -0.2) is 20.3 Å². The first-order valence-corrected chi connectivity index (χ1v) is 5.22. The maximum atomic E-state index is 11.0. The van der Waals surface area contributed by atoms with Crippen LogP contribution in [0.1, 0.15) is 0 Å². The molecule has 0 spiro atoms. The molecule has 62 valence electrons. The van der Waals surface area contributed by atoms with E-state index in [4.69, 9.17) is 5.11 Å². The highest BCUT2D eigenvalue weighted by Gasteiger charge is 2.11. The molecule has 1 aromatic heterocycles. The van der Waals surface area contributed by atoms with Crippen LogP contribution in [0.2, 0.25) is 0 Å². The lowest BCUT2D eigenvalue weighted by Crippen LogP contribution is -2.23. The molecule has 2 N–H and O–H groups in total. The van der Waals surface area contributed by atoms with Gasteiger partial charge in [0.1, 0.15) is 6.73 Å². The predicted octanol–water partition coefficient (Wildman–Crippen LogP) is -0.0238. The number of rotatable bonds is 3. The molecule has 0 aliphatic carbocycles. The quantitative estimate of drug-likeness (QED) is 0.663. The molecule has 0 aliphatic rings. The maximum Gasteiger partial charge on any atom is 0.243 e. The molecular formula is C5H7NO3S2. The molecule has 0 aromatic carbocycles. The fraction of sp³-hybridized carbons (Fsp3) is 0.200. The minimum Gasteiger partial charge on any atom is -0.380 e. The molecule has 0 fully saturated rings. The topological polar surface area (TPSA) is 66.4 Å². The molecule has 1 heterocycles. The maximum absolute atomic E-state index is 11.0. The van der Waals surface area contributed by atoms with Gasteiger partial charge in [-0.05, 0) is 11.4 Å². The van der Waals surface area contributed by atoms with Crippen LogP contribution in [0.15, 0.2) is 21.7 Å². The number of hydrogen-bond acceptors (Lipinski definition) is 4. The van der Waals surface area contributed by atoms with Crippen LogP contribution in [0, 0.1) is 0 Å². The van der Waals surface area contributed by atoms with Crippen molar-refractivity contribution in [2.45, 2.75) is 4.90 Å². The normalized spacial score (nSPS) is 11.7. The van der Waals surface area contributed by atoms with Crippen molar-refractivity contribution in [1.29, 1.82) is 0 Å². The summed E-state index contributed by atoms with van der Waals surface area (Å²) in [4.78, 5) is 0.191. The lowest BCUT2D eigenvalue weighted by Gasteiger charge is -1.98. The third kappa shape index (κ3) is 2.00. The minimum absolute atomic E-state index is 0.191. The van der Waals surface area contributed by atoms with E-state index >= 15 is 0 Å². The third-order valence-corrected chi connectivity index (χ3v) is 3.28. The van der Waals surface area contributed by atoms with E-state index in [1.165, 1.54) is 22.8 Å². The van der Waals surface area contributed by atoms with Gasteiger partial charge in [-0.1, -0.05) is 0 Å². The molecule has 0 saturated heterocycles. The highest BCUT2D eigenvalue weighted by molar-refractivity contribution is 7.89. The van der Waals surface area contributed by atoms with Crippen LogP contribution in [0.4, 0.5) is 0 Å². The molecule has 0 bridgehead atoms. The Morgan fingerprint density at radius 3 is 2.82 bits per heavy atom. The van der Waals surface area contributed by atoms with Crippen LogP contribution in [0.5, 0.6) is 0 Å². The minimum atomic E-state index is -3.46. The van der Waals surface area contributed by atoms with E-state index in [-0.39, 0.29) is 4.90 Å². The number of aliphatic hydroxyl groups is 1. The van der Waals surface area contributed by atoms with E-state index in [0.717, 1.165) is 0 Å². The van der Waals surface area contributed by atoms with Gasteiger partial charge in [-0.2, -0.15) is 16.1 Å². The first-order chi connectivity index (χ1) is 5.17. The van der Waals surface area contributed by atoms with Gasteiger partial charge in [0, 0.05) is 5.38 Å². The third-order valence-electron chi connectivity index (χ3n) is 1.06. The van der Waals surface area contributed by atoms with E-state index in [1.807, 2.05) is 4.72 Å². The largest absolute Gasteiger partial charge is 0.380 e. The molecule has 1 rings (SSSR count). The average molecular weight is 193 g/mol. The van der Waals surface area contributed by atoms with Crippen molar-refractivity contribution in [3.8, 4) is 0 Å². The molecule has 0 saturated carbocycles. The van der Waals surface area contributed by atoms with E-state index in [1.54, 1.807) is 5.38 Å². The van der Waals surface area contributed by atoms with E-state index < -0.39 is 16.8 Å². The summed E-state index contributed by atoms with van der Waals surface area (Å²) in [6, 6.07) is 1.47. The summed E-state index contributed by atoms with van der Waals surface area (Å²) in [6.45, 7) is -0.571. The van der Waals surface area contributed by atoms with Crippen LogP contribution >= 0.6 is 11.3 Å². The molecule has 0 atom stereocenters. The summed E-state index contributed by atoms with van der Waals surface area (Å²) in [5.74, 6) is 0. The van der Waals surface area contributed by atoms with Gasteiger partial charge in [0.2, 0.25) is 10.0 Å². The lowest BCUT2D eigenvalue weighted by atomic mass is 10.7. The van der Waals surface area contributed by atoms with E-state index in [0.29, 0.717) is 0 Å². The predicted molar refractivity (Wildman–Crippen MR) is 41.7 cm³/mol. The number of hydrogen-bond donors (Lipinski definition) is 2.